The van der Waals surface area contributed by atoms with Gasteiger partial charge in [-0.2, -0.15) is 0 Å². The van der Waals surface area contributed by atoms with Crippen LogP contribution in [-0.4, -0.2) is 25.0 Å². The van der Waals surface area contributed by atoms with Gasteiger partial charge in [-0.15, -0.1) is 0 Å². The van der Waals surface area contributed by atoms with Gasteiger partial charge in [0.1, 0.15) is 0 Å². The molecule has 0 atom stereocenters. The maximum Gasteiger partial charge on any atom is -0.00161 e. The Morgan fingerprint density at radius 2 is 1.92 bits per heavy atom. The van der Waals surface area contributed by atoms with Crippen molar-refractivity contribution in [1.29, 1.82) is 0 Å². The summed E-state index contributed by atoms with van der Waals surface area (Å²) >= 11 is 0. The Morgan fingerprint density at radius 3 is 2.38 bits per heavy atom. The van der Waals surface area contributed by atoms with Crippen molar-refractivity contribution in [1.82, 2.24) is 4.90 Å². The topological polar surface area (TPSA) is 3.24 Å². The highest BCUT2D eigenvalue weighted by Crippen LogP contribution is 2.26. The molecule has 0 aromatic heterocycles. The molecule has 1 rings (SSSR count). The highest BCUT2D eigenvalue weighted by molar-refractivity contribution is 5.02. The molecule has 0 aromatic rings. The van der Waals surface area contributed by atoms with Crippen molar-refractivity contribution in [2.24, 2.45) is 11.8 Å². The molecular formula is C12H23N. The van der Waals surface area contributed by atoms with Crippen LogP contribution in [0.3, 0.4) is 0 Å². The molecule has 1 fully saturated rings. The molecule has 1 aliphatic heterocycles. The fourth-order valence-corrected chi connectivity index (χ4v) is 2.11. The molecule has 76 valence electrons. The molecule has 1 heterocycles. The Kier molecular flexibility index (Phi) is 3.98. The lowest BCUT2D eigenvalue weighted by atomic mass is 9.86. The third kappa shape index (κ3) is 3.51. The van der Waals surface area contributed by atoms with E-state index in [4.69, 9.17) is 0 Å². The molecule has 0 aromatic carbocycles. The Morgan fingerprint density at radius 1 is 1.38 bits per heavy atom. The molecule has 0 bridgehead atoms. The van der Waals surface area contributed by atoms with Crippen LogP contribution in [0.25, 0.3) is 0 Å². The van der Waals surface area contributed by atoms with E-state index in [0.29, 0.717) is 0 Å². The highest BCUT2D eigenvalue weighted by Gasteiger charge is 2.19. The first-order chi connectivity index (χ1) is 6.09. The Hall–Kier alpha value is -0.300. The maximum absolute atomic E-state index is 4.23. The fraction of sp³-hybridized carbons (Fsp3) is 0.833. The summed E-state index contributed by atoms with van der Waals surface area (Å²) in [6.07, 6.45) is 3.86. The van der Waals surface area contributed by atoms with Crippen molar-refractivity contribution < 1.29 is 0 Å². The highest BCUT2D eigenvalue weighted by atomic mass is 15.1. The minimum atomic E-state index is 0.771. The molecule has 13 heavy (non-hydrogen) atoms. The molecule has 0 aliphatic carbocycles. The number of nitrogens with zero attached hydrogens (tertiary/aromatic N) is 1. The predicted molar refractivity (Wildman–Crippen MR) is 58.8 cm³/mol. The second kappa shape index (κ2) is 4.80. The summed E-state index contributed by atoms with van der Waals surface area (Å²) < 4.78 is 0. The van der Waals surface area contributed by atoms with Gasteiger partial charge in [-0.1, -0.05) is 26.0 Å². The number of rotatable bonds is 3. The number of hydrogen-bond acceptors (Lipinski definition) is 1. The summed E-state index contributed by atoms with van der Waals surface area (Å²) in [5.41, 5.74) is 1.49. The first kappa shape index (κ1) is 10.8. The Labute approximate surface area is 82.8 Å². The standard InChI is InChI=1S/C12H23N/c1-10(2)9-11(3)12-5-7-13(4)8-6-12/h10,12H,3,5-9H2,1-2,4H3. The summed E-state index contributed by atoms with van der Waals surface area (Å²) in [5.74, 6) is 1.57. The lowest BCUT2D eigenvalue weighted by Crippen LogP contribution is -2.30. The van der Waals surface area contributed by atoms with Crippen molar-refractivity contribution >= 4 is 0 Å². The van der Waals surface area contributed by atoms with Gasteiger partial charge < -0.3 is 4.90 Å². The third-order valence-electron chi connectivity index (χ3n) is 2.97. The number of piperidine rings is 1. The van der Waals surface area contributed by atoms with E-state index in [2.05, 4.69) is 32.4 Å². The normalized spacial score (nSPS) is 20.9. The molecule has 0 N–H and O–H groups in total. The van der Waals surface area contributed by atoms with Crippen molar-refractivity contribution in [3.8, 4) is 0 Å². The second-order valence-corrected chi connectivity index (χ2v) is 4.83. The van der Waals surface area contributed by atoms with E-state index in [1.54, 1.807) is 0 Å². The first-order valence-electron chi connectivity index (χ1n) is 5.45. The molecule has 1 nitrogen and oxygen atoms in total. The van der Waals surface area contributed by atoms with Crippen LogP contribution in [0.1, 0.15) is 33.1 Å². The van der Waals surface area contributed by atoms with E-state index in [0.717, 1.165) is 11.8 Å². The SMILES string of the molecule is C=C(CC(C)C)C1CCN(C)CC1. The average Bonchev–Trinajstić information content (AvgIpc) is 2.04. The van der Waals surface area contributed by atoms with Gasteiger partial charge in [-0.25, -0.2) is 0 Å². The van der Waals surface area contributed by atoms with Crippen LogP contribution >= 0.6 is 0 Å². The second-order valence-electron chi connectivity index (χ2n) is 4.83. The third-order valence-corrected chi connectivity index (χ3v) is 2.97. The van der Waals surface area contributed by atoms with Gasteiger partial charge in [0.05, 0.1) is 0 Å². The summed E-state index contributed by atoms with van der Waals surface area (Å²) in [5, 5.41) is 0. The van der Waals surface area contributed by atoms with Gasteiger partial charge in [0.25, 0.3) is 0 Å². The summed E-state index contributed by atoms with van der Waals surface area (Å²) in [6, 6.07) is 0. The van der Waals surface area contributed by atoms with Gasteiger partial charge in [0.2, 0.25) is 0 Å². The van der Waals surface area contributed by atoms with E-state index in [-0.39, 0.29) is 0 Å². The van der Waals surface area contributed by atoms with Gasteiger partial charge >= 0.3 is 0 Å². The van der Waals surface area contributed by atoms with Crippen molar-refractivity contribution in [2.45, 2.75) is 33.1 Å². The first-order valence-corrected chi connectivity index (χ1v) is 5.45. The van der Waals surface area contributed by atoms with Gasteiger partial charge in [0.15, 0.2) is 0 Å². The van der Waals surface area contributed by atoms with Crippen LogP contribution in [0.15, 0.2) is 12.2 Å². The zero-order valence-electron chi connectivity index (χ0n) is 9.34. The van der Waals surface area contributed by atoms with E-state index < -0.39 is 0 Å². The Bertz CT molecular complexity index is 164. The lowest BCUT2D eigenvalue weighted by Gasteiger charge is -2.30. The van der Waals surface area contributed by atoms with Crippen LogP contribution < -0.4 is 0 Å². The van der Waals surface area contributed by atoms with Crippen LogP contribution in [-0.2, 0) is 0 Å². The molecule has 0 radical (unpaired) electrons. The smallest absolute Gasteiger partial charge is 0.00161 e. The molecule has 0 unspecified atom stereocenters. The van der Waals surface area contributed by atoms with E-state index in [1.165, 1.54) is 37.9 Å². The minimum Gasteiger partial charge on any atom is -0.306 e. The minimum absolute atomic E-state index is 0.771. The zero-order chi connectivity index (χ0) is 9.84. The largest absolute Gasteiger partial charge is 0.306 e. The van der Waals surface area contributed by atoms with Crippen LogP contribution in [0.4, 0.5) is 0 Å². The molecule has 0 spiro atoms. The lowest BCUT2D eigenvalue weighted by molar-refractivity contribution is 0.234. The average molecular weight is 181 g/mol. The number of allylic oxidation sites excluding steroid dienone is 1. The van der Waals surface area contributed by atoms with Crippen molar-refractivity contribution in [3.05, 3.63) is 12.2 Å². The van der Waals surface area contributed by atoms with E-state index in [1.807, 2.05) is 0 Å². The van der Waals surface area contributed by atoms with Crippen LogP contribution in [0.2, 0.25) is 0 Å². The Balaban J connectivity index is 2.31. The molecular weight excluding hydrogens is 158 g/mol. The van der Waals surface area contributed by atoms with Crippen LogP contribution in [0, 0.1) is 11.8 Å². The maximum atomic E-state index is 4.23. The summed E-state index contributed by atoms with van der Waals surface area (Å²) in [4.78, 5) is 2.42. The predicted octanol–water partition coefficient (Wildman–Crippen LogP) is 2.93. The molecule has 0 amide bonds. The quantitative estimate of drug-likeness (QED) is 0.605. The summed E-state index contributed by atoms with van der Waals surface area (Å²) in [7, 11) is 2.21. The van der Waals surface area contributed by atoms with Crippen molar-refractivity contribution in [2.75, 3.05) is 20.1 Å². The van der Waals surface area contributed by atoms with Crippen molar-refractivity contribution in [3.63, 3.8) is 0 Å². The number of hydrogen-bond donors (Lipinski definition) is 0. The molecule has 1 heteroatoms. The van der Waals surface area contributed by atoms with Gasteiger partial charge in [0, 0.05) is 0 Å². The van der Waals surface area contributed by atoms with Gasteiger partial charge in [-0.3, -0.25) is 0 Å². The summed E-state index contributed by atoms with van der Waals surface area (Å²) in [6.45, 7) is 11.3. The van der Waals surface area contributed by atoms with E-state index >= 15 is 0 Å². The number of likely N-dealkylation sites (tertiary alicyclic amines) is 1. The van der Waals surface area contributed by atoms with E-state index in [9.17, 15) is 0 Å². The fourth-order valence-electron chi connectivity index (χ4n) is 2.11. The molecule has 1 aliphatic rings. The zero-order valence-corrected chi connectivity index (χ0v) is 9.34. The monoisotopic (exact) mass is 181 g/mol. The molecule has 1 saturated heterocycles. The molecule has 0 saturated carbocycles. The van der Waals surface area contributed by atoms with Crippen LogP contribution in [0.5, 0.6) is 0 Å². The van der Waals surface area contributed by atoms with Gasteiger partial charge in [-0.05, 0) is 51.2 Å².